The number of carbonyl (C=O) groups excluding carboxylic acids is 1. The molecule has 0 aromatic heterocycles. The molecule has 0 aliphatic carbocycles. The van der Waals surface area contributed by atoms with Crippen LogP contribution in [0.25, 0.3) is 0 Å². The lowest BCUT2D eigenvalue weighted by Gasteiger charge is -2.10. The maximum absolute atomic E-state index is 11.3. The van der Waals surface area contributed by atoms with E-state index in [2.05, 4.69) is 17.6 Å². The summed E-state index contributed by atoms with van der Waals surface area (Å²) in [6.07, 6.45) is 9.75. The van der Waals surface area contributed by atoms with Crippen LogP contribution in [0.15, 0.2) is 0 Å². The van der Waals surface area contributed by atoms with Crippen LogP contribution < -0.4 is 10.6 Å². The molecule has 0 rings (SSSR count). The van der Waals surface area contributed by atoms with Crippen molar-refractivity contribution in [3.8, 4) is 0 Å². The minimum absolute atomic E-state index is 0.405. The van der Waals surface area contributed by atoms with E-state index >= 15 is 0 Å². The average Bonchev–Trinajstić information content (AvgIpc) is 2.36. The first kappa shape index (κ1) is 17.7. The molecule has 0 aromatic rings. The molecule has 0 bridgehead atoms. The number of unbranched alkanes of at least 4 members (excludes halogenated alkanes) is 7. The quantitative estimate of drug-likeness (QED) is 0.506. The molecule has 0 saturated carbocycles. The predicted octanol–water partition coefficient (Wildman–Crippen LogP) is 2.90. The smallest absolute Gasteiger partial charge is 0.325 e. The number of carbonyl (C=O) groups is 2. The van der Waals surface area contributed by atoms with E-state index in [1.807, 2.05) is 0 Å². The summed E-state index contributed by atoms with van der Waals surface area (Å²) in [5, 5.41) is 13.6. The standard InChI is InChI=1S/C14H28N2O3/c1-3-4-5-6-7-8-9-10-11-15-14(19)16-12(2)13(17)18/h12H,3-11H2,1-2H3,(H,17,18)(H2,15,16,19)/t12-/m1/s1. The third-order valence-corrected chi connectivity index (χ3v) is 3.03. The van der Waals surface area contributed by atoms with Crippen LogP contribution in [-0.4, -0.2) is 29.7 Å². The van der Waals surface area contributed by atoms with Gasteiger partial charge in [-0.05, 0) is 13.3 Å². The van der Waals surface area contributed by atoms with Crippen molar-refractivity contribution in [2.75, 3.05) is 6.54 Å². The summed E-state index contributed by atoms with van der Waals surface area (Å²) >= 11 is 0. The van der Waals surface area contributed by atoms with Gasteiger partial charge in [0.25, 0.3) is 0 Å². The highest BCUT2D eigenvalue weighted by Gasteiger charge is 2.12. The molecule has 0 fully saturated rings. The second-order valence-corrected chi connectivity index (χ2v) is 4.94. The number of hydrogen-bond donors (Lipinski definition) is 3. The highest BCUT2D eigenvalue weighted by atomic mass is 16.4. The number of carboxylic acid groups (broad SMARTS) is 1. The molecule has 0 unspecified atom stereocenters. The number of carboxylic acids is 1. The fraction of sp³-hybridized carbons (Fsp3) is 0.857. The summed E-state index contributed by atoms with van der Waals surface area (Å²) in [4.78, 5) is 21.8. The lowest BCUT2D eigenvalue weighted by molar-refractivity contribution is -0.138. The molecule has 0 aliphatic heterocycles. The second kappa shape index (κ2) is 11.8. The van der Waals surface area contributed by atoms with Crippen LogP contribution in [0.1, 0.15) is 65.2 Å². The Morgan fingerprint density at radius 2 is 1.53 bits per heavy atom. The Labute approximate surface area is 116 Å². The minimum atomic E-state index is -1.03. The zero-order chi connectivity index (χ0) is 14.5. The highest BCUT2D eigenvalue weighted by molar-refractivity contribution is 5.82. The fourth-order valence-corrected chi connectivity index (χ4v) is 1.77. The van der Waals surface area contributed by atoms with E-state index in [-0.39, 0.29) is 0 Å². The van der Waals surface area contributed by atoms with E-state index in [4.69, 9.17) is 5.11 Å². The number of nitrogens with one attached hydrogen (secondary N) is 2. The van der Waals surface area contributed by atoms with E-state index in [9.17, 15) is 9.59 Å². The molecular weight excluding hydrogens is 244 g/mol. The maximum atomic E-state index is 11.3. The van der Waals surface area contributed by atoms with Crippen molar-refractivity contribution in [2.45, 2.75) is 71.3 Å². The molecule has 0 spiro atoms. The SMILES string of the molecule is CCCCCCCCCCNC(=O)N[C@H](C)C(=O)O. The number of rotatable bonds is 11. The number of urea groups is 1. The van der Waals surface area contributed by atoms with Gasteiger partial charge in [0.15, 0.2) is 0 Å². The Hall–Kier alpha value is -1.26. The van der Waals surface area contributed by atoms with Crippen molar-refractivity contribution in [3.63, 3.8) is 0 Å². The summed E-state index contributed by atoms with van der Waals surface area (Å²) in [7, 11) is 0. The largest absolute Gasteiger partial charge is 0.480 e. The molecule has 0 heterocycles. The molecule has 1 atom stereocenters. The lowest BCUT2D eigenvalue weighted by atomic mass is 10.1. The Kier molecular flexibility index (Phi) is 11.0. The predicted molar refractivity (Wildman–Crippen MR) is 76.2 cm³/mol. The Morgan fingerprint density at radius 1 is 1.00 bits per heavy atom. The first-order valence-corrected chi connectivity index (χ1v) is 7.35. The van der Waals surface area contributed by atoms with Gasteiger partial charge >= 0.3 is 12.0 Å². The number of hydrogen-bond acceptors (Lipinski definition) is 2. The number of amides is 2. The third kappa shape index (κ3) is 11.6. The van der Waals surface area contributed by atoms with Gasteiger partial charge in [-0.1, -0.05) is 51.9 Å². The van der Waals surface area contributed by atoms with Crippen LogP contribution in [0.2, 0.25) is 0 Å². The molecule has 5 heteroatoms. The Morgan fingerprint density at radius 3 is 2.05 bits per heavy atom. The van der Waals surface area contributed by atoms with Gasteiger partial charge in [-0.3, -0.25) is 4.79 Å². The van der Waals surface area contributed by atoms with Crippen LogP contribution in [0.5, 0.6) is 0 Å². The summed E-state index contributed by atoms with van der Waals surface area (Å²) in [5.74, 6) is -1.03. The third-order valence-electron chi connectivity index (χ3n) is 3.03. The van der Waals surface area contributed by atoms with Crippen molar-refractivity contribution in [3.05, 3.63) is 0 Å². The molecule has 0 radical (unpaired) electrons. The van der Waals surface area contributed by atoms with E-state index < -0.39 is 18.0 Å². The molecule has 112 valence electrons. The zero-order valence-electron chi connectivity index (χ0n) is 12.2. The summed E-state index contributed by atoms with van der Waals surface area (Å²) in [5.41, 5.74) is 0. The summed E-state index contributed by atoms with van der Waals surface area (Å²) in [6, 6.07) is -1.25. The highest BCUT2D eigenvalue weighted by Crippen LogP contribution is 2.07. The first-order valence-electron chi connectivity index (χ1n) is 7.35. The molecule has 0 aliphatic rings. The molecule has 2 amide bonds. The lowest BCUT2D eigenvalue weighted by Crippen LogP contribution is -2.44. The van der Waals surface area contributed by atoms with Gasteiger partial charge in [-0.15, -0.1) is 0 Å². The minimum Gasteiger partial charge on any atom is -0.480 e. The fourth-order valence-electron chi connectivity index (χ4n) is 1.77. The van der Waals surface area contributed by atoms with Gasteiger partial charge in [0.05, 0.1) is 0 Å². The monoisotopic (exact) mass is 272 g/mol. The average molecular weight is 272 g/mol. The molecular formula is C14H28N2O3. The van der Waals surface area contributed by atoms with Crippen molar-refractivity contribution < 1.29 is 14.7 Å². The van der Waals surface area contributed by atoms with Gasteiger partial charge in [0, 0.05) is 6.54 Å². The molecule has 19 heavy (non-hydrogen) atoms. The van der Waals surface area contributed by atoms with Crippen molar-refractivity contribution in [1.29, 1.82) is 0 Å². The van der Waals surface area contributed by atoms with E-state index in [0.717, 1.165) is 12.8 Å². The summed E-state index contributed by atoms with van der Waals surface area (Å²) in [6.45, 7) is 4.26. The number of aliphatic carboxylic acids is 1. The van der Waals surface area contributed by atoms with Gasteiger partial charge in [-0.2, -0.15) is 0 Å². The normalized spacial score (nSPS) is 11.9. The molecule has 0 saturated heterocycles. The van der Waals surface area contributed by atoms with E-state index in [0.29, 0.717) is 6.54 Å². The van der Waals surface area contributed by atoms with E-state index in [1.165, 1.54) is 45.4 Å². The Bertz CT molecular complexity index is 257. The van der Waals surface area contributed by atoms with Crippen LogP contribution in [0.3, 0.4) is 0 Å². The second-order valence-electron chi connectivity index (χ2n) is 4.94. The molecule has 0 aromatic carbocycles. The van der Waals surface area contributed by atoms with Crippen LogP contribution in [0.4, 0.5) is 4.79 Å². The summed E-state index contributed by atoms with van der Waals surface area (Å²) < 4.78 is 0. The van der Waals surface area contributed by atoms with Crippen LogP contribution in [-0.2, 0) is 4.79 Å². The maximum Gasteiger partial charge on any atom is 0.325 e. The van der Waals surface area contributed by atoms with Gasteiger partial charge in [-0.25, -0.2) is 4.79 Å². The topological polar surface area (TPSA) is 78.4 Å². The van der Waals surface area contributed by atoms with Gasteiger partial charge in [0.2, 0.25) is 0 Å². The van der Waals surface area contributed by atoms with Crippen molar-refractivity contribution in [1.82, 2.24) is 10.6 Å². The van der Waals surface area contributed by atoms with Crippen LogP contribution in [0, 0.1) is 0 Å². The molecule has 5 nitrogen and oxygen atoms in total. The van der Waals surface area contributed by atoms with Crippen LogP contribution >= 0.6 is 0 Å². The van der Waals surface area contributed by atoms with Crippen molar-refractivity contribution in [2.24, 2.45) is 0 Å². The first-order chi connectivity index (χ1) is 9.07. The van der Waals surface area contributed by atoms with Crippen molar-refractivity contribution >= 4 is 12.0 Å². The zero-order valence-corrected chi connectivity index (χ0v) is 12.2. The van der Waals surface area contributed by atoms with Gasteiger partial charge in [0.1, 0.15) is 6.04 Å². The molecule has 3 N–H and O–H groups in total. The van der Waals surface area contributed by atoms with Gasteiger partial charge < -0.3 is 15.7 Å². The Balaban J connectivity index is 3.30. The van der Waals surface area contributed by atoms with E-state index in [1.54, 1.807) is 0 Å².